The number of nitrogens with one attached hydrogen (secondary N) is 2. The lowest BCUT2D eigenvalue weighted by molar-refractivity contribution is -0.142. The molecule has 47 heavy (non-hydrogen) atoms. The number of likely N-dealkylation sites (tertiary alicyclic amines) is 1. The maximum atomic E-state index is 12.2. The fourth-order valence-electron chi connectivity index (χ4n) is 5.45. The van der Waals surface area contributed by atoms with Gasteiger partial charge in [-0.05, 0) is 25.7 Å². The number of imide groups is 1. The zero-order valence-corrected chi connectivity index (χ0v) is 28.3. The third kappa shape index (κ3) is 18.9. The summed E-state index contributed by atoms with van der Waals surface area (Å²) in [5, 5.41) is 23.4. The second-order valence-corrected chi connectivity index (χ2v) is 14.1. The standard InChI is InChI=1S/C31H55N4O11P/c32-23-21-28(38)35(29(23)39)20-16-12-15-18-26(36)33-22-24(30(40)41)34-27(37)19-14-11-9-7-5-3-1-2-4-6-8-10-13-17-25(31(42)43)47(44,45)46/h23-25H,1-22,32H2,(H,33,36)(H,34,37)(H,40,41)(H,42,43)(H2,44,45,46). The fraction of sp³-hybridized carbons (Fsp3) is 0.806. The third-order valence-electron chi connectivity index (χ3n) is 8.27. The van der Waals surface area contributed by atoms with E-state index in [0.717, 1.165) is 75.5 Å². The van der Waals surface area contributed by atoms with Gasteiger partial charge in [-0.15, -0.1) is 0 Å². The first kappa shape index (κ1) is 42.2. The lowest BCUT2D eigenvalue weighted by Gasteiger charge is -2.16. The summed E-state index contributed by atoms with van der Waals surface area (Å²) in [7, 11) is -4.61. The van der Waals surface area contributed by atoms with Crippen molar-refractivity contribution >= 4 is 43.2 Å². The van der Waals surface area contributed by atoms with E-state index in [9.17, 15) is 38.4 Å². The van der Waals surface area contributed by atoms with Crippen LogP contribution in [-0.2, 0) is 33.3 Å². The van der Waals surface area contributed by atoms with Gasteiger partial charge in [-0.3, -0.25) is 33.4 Å². The van der Waals surface area contributed by atoms with Crippen molar-refractivity contribution in [2.45, 2.75) is 146 Å². The third-order valence-corrected chi connectivity index (χ3v) is 9.56. The zero-order chi connectivity index (χ0) is 35.2. The Hall–Kier alpha value is -2.87. The Morgan fingerprint density at radius 2 is 1.21 bits per heavy atom. The average Bonchev–Trinajstić information content (AvgIpc) is 3.23. The van der Waals surface area contributed by atoms with Gasteiger partial charge >= 0.3 is 19.5 Å². The van der Waals surface area contributed by atoms with Crippen LogP contribution in [0.15, 0.2) is 0 Å². The van der Waals surface area contributed by atoms with Gasteiger partial charge in [-0.2, -0.15) is 0 Å². The average molecular weight is 691 g/mol. The molecule has 0 radical (unpaired) electrons. The summed E-state index contributed by atoms with van der Waals surface area (Å²) in [6.45, 7) is 0.0425. The molecule has 0 aliphatic carbocycles. The number of carbonyl (C=O) groups excluding carboxylic acids is 4. The molecule has 3 atom stereocenters. The number of hydrogen-bond donors (Lipinski definition) is 7. The van der Waals surface area contributed by atoms with Crippen molar-refractivity contribution in [1.82, 2.24) is 15.5 Å². The molecule has 1 rings (SSSR count). The number of unbranched alkanes of at least 4 members (excludes halogenated alkanes) is 14. The van der Waals surface area contributed by atoms with Gasteiger partial charge in [0, 0.05) is 25.9 Å². The van der Waals surface area contributed by atoms with Crippen molar-refractivity contribution in [3.63, 3.8) is 0 Å². The topological polar surface area (TPSA) is 254 Å². The molecule has 16 heteroatoms. The van der Waals surface area contributed by atoms with Crippen molar-refractivity contribution in [3.8, 4) is 0 Å². The van der Waals surface area contributed by atoms with Gasteiger partial charge < -0.3 is 36.4 Å². The number of hydrogen-bond acceptors (Lipinski definition) is 8. The van der Waals surface area contributed by atoms with Crippen LogP contribution >= 0.6 is 7.60 Å². The molecule has 8 N–H and O–H groups in total. The lowest BCUT2D eigenvalue weighted by Crippen LogP contribution is -2.48. The Kier molecular flexibility index (Phi) is 21.0. The Labute approximate surface area is 276 Å². The highest BCUT2D eigenvalue weighted by Crippen LogP contribution is 2.43. The van der Waals surface area contributed by atoms with Gasteiger partial charge in [0.2, 0.25) is 23.6 Å². The van der Waals surface area contributed by atoms with Crippen molar-refractivity contribution < 1.29 is 53.3 Å². The summed E-state index contributed by atoms with van der Waals surface area (Å²) in [5.74, 6) is -4.06. The molecule has 0 aromatic rings. The molecule has 1 aliphatic rings. The Morgan fingerprint density at radius 3 is 1.66 bits per heavy atom. The summed E-state index contributed by atoms with van der Waals surface area (Å²) in [4.78, 5) is 89.7. The monoisotopic (exact) mass is 690 g/mol. The largest absolute Gasteiger partial charge is 0.481 e. The Morgan fingerprint density at radius 1 is 0.745 bits per heavy atom. The maximum absolute atomic E-state index is 12.2. The van der Waals surface area contributed by atoms with Crippen LogP contribution in [0.1, 0.15) is 128 Å². The van der Waals surface area contributed by atoms with E-state index in [-0.39, 0.29) is 62.4 Å². The minimum absolute atomic E-state index is 0.0100. The highest BCUT2D eigenvalue weighted by molar-refractivity contribution is 7.53. The molecule has 0 aromatic carbocycles. The molecule has 3 unspecified atom stereocenters. The number of carbonyl (C=O) groups is 6. The number of aliphatic carboxylic acids is 2. The molecular weight excluding hydrogens is 635 g/mol. The van der Waals surface area contributed by atoms with E-state index >= 15 is 0 Å². The highest BCUT2D eigenvalue weighted by Gasteiger charge is 2.36. The summed E-state index contributed by atoms with van der Waals surface area (Å²) >= 11 is 0. The van der Waals surface area contributed by atoms with Crippen LogP contribution in [0.5, 0.6) is 0 Å². The van der Waals surface area contributed by atoms with Crippen LogP contribution in [0, 0.1) is 0 Å². The molecule has 4 amide bonds. The first-order valence-corrected chi connectivity index (χ1v) is 18.6. The first-order valence-electron chi connectivity index (χ1n) is 16.9. The number of carboxylic acid groups (broad SMARTS) is 2. The summed E-state index contributed by atoms with van der Waals surface area (Å²) in [5.41, 5.74) is 3.96. The van der Waals surface area contributed by atoms with Crippen molar-refractivity contribution in [1.29, 1.82) is 0 Å². The van der Waals surface area contributed by atoms with Gasteiger partial charge in [0.1, 0.15) is 6.04 Å². The minimum Gasteiger partial charge on any atom is -0.481 e. The number of carboxylic acids is 2. The molecule has 1 heterocycles. The molecule has 1 fully saturated rings. The van der Waals surface area contributed by atoms with E-state index in [1.807, 2.05) is 0 Å². The van der Waals surface area contributed by atoms with E-state index in [1.54, 1.807) is 0 Å². The molecule has 270 valence electrons. The SMILES string of the molecule is NC1CC(=O)N(CCCCCC(=O)NCC(NC(=O)CCCCCCCCCCCCCCCC(C(=O)O)P(=O)(O)O)C(=O)O)C1=O. The number of nitrogens with zero attached hydrogens (tertiary/aromatic N) is 1. The quantitative estimate of drug-likeness (QED) is 0.0355. The molecule has 0 bridgehead atoms. The predicted octanol–water partition coefficient (Wildman–Crippen LogP) is 2.80. The second-order valence-electron chi connectivity index (χ2n) is 12.3. The maximum Gasteiger partial charge on any atom is 0.339 e. The van der Waals surface area contributed by atoms with E-state index in [1.165, 1.54) is 0 Å². The predicted molar refractivity (Wildman–Crippen MR) is 173 cm³/mol. The summed E-state index contributed by atoms with van der Waals surface area (Å²) < 4.78 is 11.2. The molecule has 0 aromatic heterocycles. The van der Waals surface area contributed by atoms with Crippen molar-refractivity contribution in [3.05, 3.63) is 0 Å². The van der Waals surface area contributed by atoms with Crippen LogP contribution in [-0.4, -0.2) is 91.3 Å². The van der Waals surface area contributed by atoms with Gasteiger partial charge in [0.05, 0.1) is 12.5 Å². The van der Waals surface area contributed by atoms with Crippen molar-refractivity contribution in [2.75, 3.05) is 13.1 Å². The minimum atomic E-state index is -4.61. The number of nitrogens with two attached hydrogens (primary N) is 1. The van der Waals surface area contributed by atoms with Crippen LogP contribution < -0.4 is 16.4 Å². The highest BCUT2D eigenvalue weighted by atomic mass is 31.2. The normalized spacial score (nSPS) is 16.2. The first-order chi connectivity index (χ1) is 22.2. The molecule has 15 nitrogen and oxygen atoms in total. The lowest BCUT2D eigenvalue weighted by atomic mass is 10.0. The van der Waals surface area contributed by atoms with Crippen LogP contribution in [0.2, 0.25) is 0 Å². The smallest absolute Gasteiger partial charge is 0.339 e. The van der Waals surface area contributed by atoms with Gasteiger partial charge in [0.15, 0.2) is 5.66 Å². The molecule has 1 saturated heterocycles. The van der Waals surface area contributed by atoms with Crippen LogP contribution in [0.3, 0.4) is 0 Å². The molecule has 0 spiro atoms. The number of rotatable bonds is 28. The van der Waals surface area contributed by atoms with E-state index < -0.39 is 37.3 Å². The second kappa shape index (κ2) is 23.5. The molecular formula is C31H55N4O11P. The van der Waals surface area contributed by atoms with E-state index in [0.29, 0.717) is 32.1 Å². The Balaban J connectivity index is 2.00. The van der Waals surface area contributed by atoms with Gasteiger partial charge in [-0.1, -0.05) is 83.5 Å². The van der Waals surface area contributed by atoms with Gasteiger partial charge in [0.25, 0.3) is 0 Å². The van der Waals surface area contributed by atoms with E-state index in [4.69, 9.17) is 20.6 Å². The van der Waals surface area contributed by atoms with E-state index in [2.05, 4.69) is 10.6 Å². The fourth-order valence-corrected chi connectivity index (χ4v) is 6.26. The summed E-state index contributed by atoms with van der Waals surface area (Å²) in [6, 6.07) is -2.00. The van der Waals surface area contributed by atoms with Crippen LogP contribution in [0.4, 0.5) is 0 Å². The Bertz CT molecular complexity index is 1070. The summed E-state index contributed by atoms with van der Waals surface area (Å²) in [6.07, 6.45) is 14.2. The molecule has 1 aliphatic heterocycles. The van der Waals surface area contributed by atoms with Crippen LogP contribution in [0.25, 0.3) is 0 Å². The zero-order valence-electron chi connectivity index (χ0n) is 27.4. The molecule has 0 saturated carbocycles. The van der Waals surface area contributed by atoms with Crippen molar-refractivity contribution in [2.24, 2.45) is 5.73 Å². The number of amides is 4. The van der Waals surface area contributed by atoms with Gasteiger partial charge in [-0.25, -0.2) is 4.79 Å².